The van der Waals surface area contributed by atoms with Crippen LogP contribution in [0.2, 0.25) is 0 Å². The monoisotopic (exact) mass is 299 g/mol. The number of aliphatic hydroxyl groups excluding tert-OH is 1. The topological polar surface area (TPSA) is 80.4 Å². The van der Waals surface area contributed by atoms with Gasteiger partial charge in [-0.05, 0) is 12.3 Å². The Morgan fingerprint density at radius 2 is 2.24 bits per heavy atom. The summed E-state index contributed by atoms with van der Waals surface area (Å²) < 4.78 is 10.3. The summed E-state index contributed by atoms with van der Waals surface area (Å²) in [5, 5.41) is 16.7. The van der Waals surface area contributed by atoms with Crippen molar-refractivity contribution in [1.82, 2.24) is 15.5 Å². The molecule has 0 aliphatic carbocycles. The summed E-state index contributed by atoms with van der Waals surface area (Å²) >= 11 is 0. The summed E-state index contributed by atoms with van der Waals surface area (Å²) in [6, 6.07) is 0. The van der Waals surface area contributed by atoms with Gasteiger partial charge in [-0.15, -0.1) is 0 Å². The second-order valence-electron chi connectivity index (χ2n) is 5.41. The molecule has 0 saturated carbocycles. The summed E-state index contributed by atoms with van der Waals surface area (Å²) in [5.74, 6) is 1.29. The Balaban J connectivity index is 1.98. The van der Waals surface area contributed by atoms with Crippen molar-refractivity contribution in [3.8, 4) is 0 Å². The highest BCUT2D eigenvalue weighted by molar-refractivity contribution is 4.78. The van der Waals surface area contributed by atoms with E-state index in [2.05, 4.69) is 33.8 Å². The molecule has 1 aromatic heterocycles. The first-order chi connectivity index (χ1) is 10.3. The SMILES string of the molecule is CCCCC(CC)COCC(O)CNCCc1ncon1. The second-order valence-corrected chi connectivity index (χ2v) is 5.41. The molecular weight excluding hydrogens is 270 g/mol. The molecule has 6 heteroatoms. The third-order valence-electron chi connectivity index (χ3n) is 3.52. The smallest absolute Gasteiger partial charge is 0.213 e. The van der Waals surface area contributed by atoms with Crippen molar-refractivity contribution in [2.24, 2.45) is 5.92 Å². The maximum absolute atomic E-state index is 9.83. The number of nitrogens with one attached hydrogen (secondary N) is 1. The molecule has 0 spiro atoms. The summed E-state index contributed by atoms with van der Waals surface area (Å²) in [4.78, 5) is 3.93. The molecule has 0 fully saturated rings. The third-order valence-corrected chi connectivity index (χ3v) is 3.52. The molecule has 2 atom stereocenters. The van der Waals surface area contributed by atoms with Crippen LogP contribution in [0.1, 0.15) is 45.4 Å². The van der Waals surface area contributed by atoms with Gasteiger partial charge in [-0.25, -0.2) is 0 Å². The Kier molecular flexibility index (Phi) is 10.0. The predicted molar refractivity (Wildman–Crippen MR) is 81.0 cm³/mol. The molecule has 1 heterocycles. The predicted octanol–water partition coefficient (Wildman–Crippen LogP) is 1.80. The highest BCUT2D eigenvalue weighted by Gasteiger charge is 2.09. The van der Waals surface area contributed by atoms with Crippen molar-refractivity contribution >= 4 is 0 Å². The fraction of sp³-hybridized carbons (Fsp3) is 0.867. The zero-order valence-electron chi connectivity index (χ0n) is 13.3. The van der Waals surface area contributed by atoms with Crippen LogP contribution >= 0.6 is 0 Å². The van der Waals surface area contributed by atoms with Gasteiger partial charge in [0.15, 0.2) is 5.82 Å². The normalized spacial score (nSPS) is 14.2. The number of hydrogen-bond donors (Lipinski definition) is 2. The van der Waals surface area contributed by atoms with Crippen LogP contribution in [0.25, 0.3) is 0 Å². The van der Waals surface area contributed by atoms with Crippen molar-refractivity contribution in [1.29, 1.82) is 0 Å². The minimum atomic E-state index is -0.473. The van der Waals surface area contributed by atoms with Crippen LogP contribution in [0.15, 0.2) is 10.9 Å². The number of rotatable bonds is 13. The van der Waals surface area contributed by atoms with Crippen LogP contribution < -0.4 is 5.32 Å². The maximum atomic E-state index is 9.83. The van der Waals surface area contributed by atoms with E-state index in [9.17, 15) is 5.11 Å². The largest absolute Gasteiger partial charge is 0.389 e. The Labute approximate surface area is 127 Å². The number of hydrogen-bond acceptors (Lipinski definition) is 6. The molecule has 1 aromatic rings. The lowest BCUT2D eigenvalue weighted by atomic mass is 10.0. The molecule has 0 saturated heterocycles. The van der Waals surface area contributed by atoms with Crippen molar-refractivity contribution in [2.75, 3.05) is 26.3 Å². The van der Waals surface area contributed by atoms with E-state index in [4.69, 9.17) is 4.74 Å². The summed E-state index contributed by atoms with van der Waals surface area (Å²) in [5.41, 5.74) is 0. The van der Waals surface area contributed by atoms with Gasteiger partial charge in [0.1, 0.15) is 0 Å². The standard InChI is InChI=1S/C15H29N3O3/c1-3-5-6-13(4-2)10-20-11-14(19)9-16-8-7-15-17-12-21-18-15/h12-14,16,19H,3-11H2,1-2H3. The van der Waals surface area contributed by atoms with E-state index in [1.807, 2.05) is 0 Å². The highest BCUT2D eigenvalue weighted by Crippen LogP contribution is 2.12. The van der Waals surface area contributed by atoms with Gasteiger partial charge in [0.2, 0.25) is 6.39 Å². The molecule has 0 bridgehead atoms. The van der Waals surface area contributed by atoms with E-state index in [0.717, 1.165) is 13.0 Å². The molecule has 2 N–H and O–H groups in total. The summed E-state index contributed by atoms with van der Waals surface area (Å²) in [6.45, 7) is 6.76. The van der Waals surface area contributed by atoms with Gasteiger partial charge in [-0.2, -0.15) is 4.98 Å². The van der Waals surface area contributed by atoms with Gasteiger partial charge in [-0.3, -0.25) is 0 Å². The molecule has 21 heavy (non-hydrogen) atoms. The van der Waals surface area contributed by atoms with E-state index < -0.39 is 6.10 Å². The number of aliphatic hydroxyl groups is 1. The average molecular weight is 299 g/mol. The Morgan fingerprint density at radius 3 is 2.90 bits per heavy atom. The lowest BCUT2D eigenvalue weighted by Crippen LogP contribution is -2.32. The van der Waals surface area contributed by atoms with Crippen LogP contribution in [0.5, 0.6) is 0 Å². The molecule has 0 amide bonds. The Morgan fingerprint density at radius 1 is 1.38 bits per heavy atom. The van der Waals surface area contributed by atoms with Crippen LogP contribution in [-0.4, -0.2) is 47.7 Å². The number of aromatic nitrogens is 2. The first-order valence-corrected chi connectivity index (χ1v) is 7.98. The zero-order valence-corrected chi connectivity index (χ0v) is 13.3. The second kappa shape index (κ2) is 11.7. The first kappa shape index (κ1) is 18.1. The van der Waals surface area contributed by atoms with Gasteiger partial charge in [-0.1, -0.05) is 38.3 Å². The van der Waals surface area contributed by atoms with Crippen molar-refractivity contribution in [3.63, 3.8) is 0 Å². The van der Waals surface area contributed by atoms with Gasteiger partial charge < -0.3 is 19.7 Å². The molecule has 6 nitrogen and oxygen atoms in total. The van der Waals surface area contributed by atoms with Crippen molar-refractivity contribution in [2.45, 2.75) is 52.1 Å². The highest BCUT2D eigenvalue weighted by atomic mass is 16.5. The Bertz CT molecular complexity index is 333. The zero-order chi connectivity index (χ0) is 15.3. The number of unbranched alkanes of at least 4 members (excludes halogenated alkanes) is 1. The molecular formula is C15H29N3O3. The van der Waals surface area contributed by atoms with E-state index in [1.54, 1.807) is 0 Å². The van der Waals surface area contributed by atoms with Crippen LogP contribution in [0.4, 0.5) is 0 Å². The van der Waals surface area contributed by atoms with Gasteiger partial charge in [0, 0.05) is 26.1 Å². The van der Waals surface area contributed by atoms with Gasteiger partial charge in [0.05, 0.1) is 12.7 Å². The van der Waals surface area contributed by atoms with Crippen LogP contribution in [0, 0.1) is 5.92 Å². The molecule has 0 aromatic carbocycles. The Hall–Kier alpha value is -0.980. The molecule has 0 radical (unpaired) electrons. The van der Waals surface area contributed by atoms with Crippen LogP contribution in [-0.2, 0) is 11.2 Å². The third kappa shape index (κ3) is 8.80. The van der Waals surface area contributed by atoms with Crippen molar-refractivity contribution < 1.29 is 14.4 Å². The number of ether oxygens (including phenoxy) is 1. The molecule has 0 aliphatic rings. The first-order valence-electron chi connectivity index (χ1n) is 7.98. The lowest BCUT2D eigenvalue weighted by molar-refractivity contribution is 0.0194. The number of nitrogens with zero attached hydrogens (tertiary/aromatic N) is 2. The lowest BCUT2D eigenvalue weighted by Gasteiger charge is -2.17. The van der Waals surface area contributed by atoms with E-state index >= 15 is 0 Å². The van der Waals surface area contributed by atoms with Crippen molar-refractivity contribution in [3.05, 3.63) is 12.2 Å². The minimum absolute atomic E-state index is 0.387. The maximum Gasteiger partial charge on any atom is 0.213 e. The summed E-state index contributed by atoms with van der Waals surface area (Å²) in [6.07, 6.45) is 6.37. The average Bonchev–Trinajstić information content (AvgIpc) is 3.00. The molecule has 1 rings (SSSR count). The minimum Gasteiger partial charge on any atom is -0.389 e. The fourth-order valence-electron chi connectivity index (χ4n) is 2.10. The summed E-state index contributed by atoms with van der Waals surface area (Å²) in [7, 11) is 0. The quantitative estimate of drug-likeness (QED) is 0.541. The van der Waals surface area contributed by atoms with Crippen LogP contribution in [0.3, 0.4) is 0 Å². The van der Waals surface area contributed by atoms with Gasteiger partial charge in [0.25, 0.3) is 0 Å². The fourth-order valence-corrected chi connectivity index (χ4v) is 2.10. The van der Waals surface area contributed by atoms with Gasteiger partial charge >= 0.3 is 0 Å². The van der Waals surface area contributed by atoms with E-state index in [0.29, 0.717) is 37.9 Å². The molecule has 2 unspecified atom stereocenters. The van der Waals surface area contributed by atoms with E-state index in [1.165, 1.54) is 25.7 Å². The molecule has 122 valence electrons. The van der Waals surface area contributed by atoms with E-state index in [-0.39, 0.29) is 0 Å². The molecule has 0 aliphatic heterocycles.